The quantitative estimate of drug-likeness (QED) is 0.767. The molecule has 2 amide bonds. The summed E-state index contributed by atoms with van der Waals surface area (Å²) in [5.41, 5.74) is 3.57. The van der Waals surface area contributed by atoms with Gasteiger partial charge in [0.25, 0.3) is 5.91 Å². The minimum atomic E-state index is -4.49. The van der Waals surface area contributed by atoms with Gasteiger partial charge in [-0.3, -0.25) is 25.3 Å². The maximum atomic E-state index is 12.6. The van der Waals surface area contributed by atoms with E-state index in [1.165, 1.54) is 6.92 Å². The summed E-state index contributed by atoms with van der Waals surface area (Å²) in [4.78, 5) is 29.8. The summed E-state index contributed by atoms with van der Waals surface area (Å²) < 4.78 is 37.9. The summed E-state index contributed by atoms with van der Waals surface area (Å²) in [6, 6.07) is 0.858. The third kappa shape index (κ3) is 5.46. The Labute approximate surface area is 147 Å². The molecule has 2 rings (SSSR count). The van der Waals surface area contributed by atoms with Crippen molar-refractivity contribution in [1.29, 1.82) is 0 Å². The van der Waals surface area contributed by atoms with Crippen LogP contribution in [0.25, 0.3) is 0 Å². The second-order valence-electron chi connectivity index (χ2n) is 5.52. The molecule has 0 bridgehead atoms. The lowest BCUT2D eigenvalue weighted by Crippen LogP contribution is -2.51. The number of hydrogen-bond acceptors (Lipinski definition) is 5. The SMILES string of the molecule is CC(=O)NNC(=O)CN1CCN(c2ncc(C(F)(F)F)cc2Cl)CC1. The van der Waals surface area contributed by atoms with Crippen molar-refractivity contribution in [2.24, 2.45) is 0 Å². The molecule has 1 aromatic heterocycles. The fourth-order valence-electron chi connectivity index (χ4n) is 2.34. The molecule has 1 aliphatic rings. The monoisotopic (exact) mass is 379 g/mol. The van der Waals surface area contributed by atoms with Gasteiger partial charge in [0.15, 0.2) is 0 Å². The van der Waals surface area contributed by atoms with Crippen LogP contribution < -0.4 is 15.8 Å². The Morgan fingerprint density at radius 3 is 2.40 bits per heavy atom. The molecule has 1 saturated heterocycles. The highest BCUT2D eigenvalue weighted by molar-refractivity contribution is 6.33. The number of alkyl halides is 3. The Hall–Kier alpha value is -2.07. The largest absolute Gasteiger partial charge is 0.417 e. The molecule has 138 valence electrons. The first-order chi connectivity index (χ1) is 11.7. The minimum absolute atomic E-state index is 0.0633. The van der Waals surface area contributed by atoms with Crippen molar-refractivity contribution >= 4 is 29.2 Å². The maximum Gasteiger partial charge on any atom is 0.417 e. The van der Waals surface area contributed by atoms with Crippen LogP contribution in [0.15, 0.2) is 12.3 Å². The molecule has 0 radical (unpaired) electrons. The molecule has 2 N–H and O–H groups in total. The second-order valence-corrected chi connectivity index (χ2v) is 5.93. The van der Waals surface area contributed by atoms with Gasteiger partial charge in [0.2, 0.25) is 5.91 Å². The van der Waals surface area contributed by atoms with Crippen molar-refractivity contribution in [3.05, 3.63) is 22.8 Å². The van der Waals surface area contributed by atoms with Crippen LogP contribution in [-0.4, -0.2) is 54.4 Å². The van der Waals surface area contributed by atoms with Crippen molar-refractivity contribution < 1.29 is 22.8 Å². The first-order valence-corrected chi connectivity index (χ1v) is 7.80. The molecule has 25 heavy (non-hydrogen) atoms. The average molecular weight is 380 g/mol. The zero-order valence-corrected chi connectivity index (χ0v) is 14.1. The van der Waals surface area contributed by atoms with Gasteiger partial charge in [0.1, 0.15) is 5.82 Å². The number of pyridine rings is 1. The van der Waals surface area contributed by atoms with Crippen molar-refractivity contribution in [3.63, 3.8) is 0 Å². The lowest BCUT2D eigenvalue weighted by atomic mass is 10.2. The molecular formula is C14H17ClF3N5O2. The summed E-state index contributed by atoms with van der Waals surface area (Å²) in [7, 11) is 0. The van der Waals surface area contributed by atoms with E-state index in [1.807, 2.05) is 4.90 Å². The van der Waals surface area contributed by atoms with Gasteiger partial charge < -0.3 is 4.90 Å². The van der Waals surface area contributed by atoms with Crippen LogP contribution in [0, 0.1) is 0 Å². The number of aromatic nitrogens is 1. The third-order valence-corrected chi connectivity index (χ3v) is 3.84. The average Bonchev–Trinajstić information content (AvgIpc) is 2.53. The van der Waals surface area contributed by atoms with E-state index in [4.69, 9.17) is 11.6 Å². The highest BCUT2D eigenvalue weighted by Gasteiger charge is 2.32. The fourth-order valence-corrected chi connectivity index (χ4v) is 2.62. The van der Waals surface area contributed by atoms with Gasteiger partial charge in [0.05, 0.1) is 17.1 Å². The predicted molar refractivity (Wildman–Crippen MR) is 84.9 cm³/mol. The van der Waals surface area contributed by atoms with Gasteiger partial charge in [-0.15, -0.1) is 0 Å². The van der Waals surface area contributed by atoms with Crippen molar-refractivity contribution in [2.45, 2.75) is 13.1 Å². The fraction of sp³-hybridized carbons (Fsp3) is 0.500. The van der Waals surface area contributed by atoms with E-state index >= 15 is 0 Å². The predicted octanol–water partition coefficient (Wildman–Crippen LogP) is 1.04. The van der Waals surface area contributed by atoms with E-state index in [1.54, 1.807) is 4.90 Å². The third-order valence-electron chi connectivity index (χ3n) is 3.57. The van der Waals surface area contributed by atoms with Gasteiger partial charge in [0, 0.05) is 39.3 Å². The molecule has 0 spiro atoms. The number of hydrazine groups is 1. The van der Waals surface area contributed by atoms with Crippen LogP contribution in [0.5, 0.6) is 0 Å². The molecule has 0 atom stereocenters. The summed E-state index contributed by atoms with van der Waals surface area (Å²) >= 11 is 5.94. The van der Waals surface area contributed by atoms with E-state index in [9.17, 15) is 22.8 Å². The molecule has 11 heteroatoms. The number of hydrogen-bond donors (Lipinski definition) is 2. The molecule has 2 heterocycles. The Kier molecular flexibility index (Phi) is 6.07. The second kappa shape index (κ2) is 7.87. The van der Waals surface area contributed by atoms with Gasteiger partial charge >= 0.3 is 6.18 Å². The first kappa shape index (κ1) is 19.3. The van der Waals surface area contributed by atoms with Gasteiger partial charge in [-0.1, -0.05) is 11.6 Å². The van der Waals surface area contributed by atoms with E-state index in [-0.39, 0.29) is 29.2 Å². The first-order valence-electron chi connectivity index (χ1n) is 7.42. The molecule has 1 fully saturated rings. The number of halogens is 4. The zero-order chi connectivity index (χ0) is 18.6. The Morgan fingerprint density at radius 1 is 1.24 bits per heavy atom. The van der Waals surface area contributed by atoms with E-state index in [2.05, 4.69) is 15.8 Å². The summed E-state index contributed by atoms with van der Waals surface area (Å²) in [6.45, 7) is 3.32. The highest BCUT2D eigenvalue weighted by Crippen LogP contribution is 2.33. The molecule has 0 aromatic carbocycles. The Balaban J connectivity index is 1.90. The maximum absolute atomic E-state index is 12.6. The molecular weight excluding hydrogens is 363 g/mol. The molecule has 0 unspecified atom stereocenters. The lowest BCUT2D eigenvalue weighted by molar-refractivity contribution is -0.137. The zero-order valence-electron chi connectivity index (χ0n) is 13.4. The number of anilines is 1. The van der Waals surface area contributed by atoms with Gasteiger partial charge in [-0.25, -0.2) is 4.98 Å². The van der Waals surface area contributed by atoms with Crippen molar-refractivity contribution in [3.8, 4) is 0 Å². The van der Waals surface area contributed by atoms with Crippen LogP contribution in [0.4, 0.5) is 19.0 Å². The van der Waals surface area contributed by atoms with E-state index in [0.29, 0.717) is 26.2 Å². The topological polar surface area (TPSA) is 77.6 Å². The number of piperazine rings is 1. The normalized spacial score (nSPS) is 15.8. The lowest BCUT2D eigenvalue weighted by Gasteiger charge is -2.35. The van der Waals surface area contributed by atoms with Crippen molar-refractivity contribution in [2.75, 3.05) is 37.6 Å². The molecule has 7 nitrogen and oxygen atoms in total. The van der Waals surface area contributed by atoms with Crippen LogP contribution in [-0.2, 0) is 15.8 Å². The van der Waals surface area contributed by atoms with Gasteiger partial charge in [-0.05, 0) is 6.07 Å². The molecule has 1 aromatic rings. The van der Waals surface area contributed by atoms with Crippen LogP contribution >= 0.6 is 11.6 Å². The molecule has 0 saturated carbocycles. The Bertz CT molecular complexity index is 648. The van der Waals surface area contributed by atoms with Crippen LogP contribution in [0.2, 0.25) is 5.02 Å². The van der Waals surface area contributed by atoms with Crippen molar-refractivity contribution in [1.82, 2.24) is 20.7 Å². The Morgan fingerprint density at radius 2 is 1.88 bits per heavy atom. The van der Waals surface area contributed by atoms with Gasteiger partial charge in [-0.2, -0.15) is 13.2 Å². The standard InChI is InChI=1S/C14H17ClF3N5O2/c1-9(24)20-21-12(25)8-22-2-4-23(5-3-22)13-11(15)6-10(7-19-13)14(16,17)18/h6-7H,2-5,8H2,1H3,(H,20,24)(H,21,25). The van der Waals surface area contributed by atoms with E-state index < -0.39 is 11.7 Å². The molecule has 0 aliphatic carbocycles. The molecule has 1 aliphatic heterocycles. The number of carbonyl (C=O) groups is 2. The number of nitrogens with one attached hydrogen (secondary N) is 2. The summed E-state index contributed by atoms with van der Waals surface area (Å²) in [5.74, 6) is -0.437. The van der Waals surface area contributed by atoms with Crippen LogP contribution in [0.3, 0.4) is 0 Å². The number of rotatable bonds is 3. The summed E-state index contributed by atoms with van der Waals surface area (Å²) in [6.07, 6.45) is -3.73. The highest BCUT2D eigenvalue weighted by atomic mass is 35.5. The van der Waals surface area contributed by atoms with Crippen LogP contribution in [0.1, 0.15) is 12.5 Å². The minimum Gasteiger partial charge on any atom is -0.353 e. The van der Waals surface area contributed by atoms with E-state index in [0.717, 1.165) is 12.3 Å². The number of nitrogens with zero attached hydrogens (tertiary/aromatic N) is 3. The number of carbonyl (C=O) groups excluding carboxylic acids is 2. The summed E-state index contributed by atoms with van der Waals surface area (Å²) in [5, 5.41) is -0.0633. The smallest absolute Gasteiger partial charge is 0.353 e. The number of amides is 2.